The number of guanidine groups is 1. The summed E-state index contributed by atoms with van der Waals surface area (Å²) in [5.41, 5.74) is 1.64. The zero-order chi connectivity index (χ0) is 18.9. The van der Waals surface area contributed by atoms with Crippen LogP contribution in [0.4, 0.5) is 8.78 Å². The van der Waals surface area contributed by atoms with Crippen LogP contribution in [0.3, 0.4) is 0 Å². The Bertz CT molecular complexity index is 601. The number of hydrogen-bond donors (Lipinski definition) is 2. The van der Waals surface area contributed by atoms with Crippen molar-refractivity contribution in [3.8, 4) is 5.75 Å². The Morgan fingerprint density at radius 1 is 1.33 bits per heavy atom. The molecular weight excluding hydrogens is 465 g/mol. The molecule has 1 unspecified atom stereocenters. The molecule has 1 aromatic carbocycles. The third-order valence-corrected chi connectivity index (χ3v) is 4.56. The van der Waals surface area contributed by atoms with Crippen LogP contribution >= 0.6 is 24.0 Å². The highest BCUT2D eigenvalue weighted by Crippen LogP contribution is 2.23. The predicted molar refractivity (Wildman–Crippen MR) is 116 cm³/mol. The van der Waals surface area contributed by atoms with E-state index in [0.717, 1.165) is 38.3 Å². The van der Waals surface area contributed by atoms with Gasteiger partial charge in [-0.3, -0.25) is 0 Å². The Morgan fingerprint density at radius 2 is 2.11 bits per heavy atom. The van der Waals surface area contributed by atoms with Gasteiger partial charge >= 0.3 is 6.61 Å². The summed E-state index contributed by atoms with van der Waals surface area (Å²) in [4.78, 5) is 6.99. The minimum Gasteiger partial charge on any atom is -0.434 e. The SMILES string of the molecule is CCNC(=NCc1cc(C)ccc1OC(F)F)NCC1CCN(CC)C1.I. The Hall–Kier alpha value is -1.16. The highest BCUT2D eigenvalue weighted by Gasteiger charge is 2.21. The van der Waals surface area contributed by atoms with Crippen LogP contribution in [0.15, 0.2) is 23.2 Å². The quantitative estimate of drug-likeness (QED) is 0.328. The van der Waals surface area contributed by atoms with Crippen molar-refractivity contribution in [3.63, 3.8) is 0 Å². The molecule has 0 bridgehead atoms. The van der Waals surface area contributed by atoms with Gasteiger partial charge in [-0.05, 0) is 45.3 Å². The molecule has 1 aliphatic rings. The Labute approximate surface area is 178 Å². The Kier molecular flexibility index (Phi) is 10.9. The molecule has 1 aliphatic heterocycles. The zero-order valence-corrected chi connectivity index (χ0v) is 18.6. The van der Waals surface area contributed by atoms with E-state index in [-0.39, 0.29) is 36.3 Å². The summed E-state index contributed by atoms with van der Waals surface area (Å²) >= 11 is 0. The Morgan fingerprint density at radius 3 is 2.74 bits per heavy atom. The number of aliphatic imine (C=N–C) groups is 1. The molecule has 1 heterocycles. The molecule has 5 nitrogen and oxygen atoms in total. The van der Waals surface area contributed by atoms with Crippen molar-refractivity contribution in [1.29, 1.82) is 0 Å². The van der Waals surface area contributed by atoms with Gasteiger partial charge in [-0.1, -0.05) is 24.6 Å². The van der Waals surface area contributed by atoms with E-state index in [1.165, 1.54) is 6.42 Å². The van der Waals surface area contributed by atoms with Crippen LogP contribution in [0.2, 0.25) is 0 Å². The van der Waals surface area contributed by atoms with Gasteiger partial charge in [-0.15, -0.1) is 24.0 Å². The minimum absolute atomic E-state index is 0. The second-order valence-corrected chi connectivity index (χ2v) is 6.61. The number of halogens is 3. The van der Waals surface area contributed by atoms with Gasteiger partial charge in [0.25, 0.3) is 0 Å². The van der Waals surface area contributed by atoms with Crippen molar-refractivity contribution in [1.82, 2.24) is 15.5 Å². The van der Waals surface area contributed by atoms with Gasteiger partial charge in [0.15, 0.2) is 5.96 Å². The standard InChI is InChI=1S/C19H30F2N4O.HI/c1-4-22-19(23-11-15-8-9-25(5-2)13-15)24-12-16-10-14(3)6-7-17(16)26-18(20)21;/h6-7,10,15,18H,4-5,8-9,11-13H2,1-3H3,(H2,22,23,24);1H. The van der Waals surface area contributed by atoms with Crippen molar-refractivity contribution in [3.05, 3.63) is 29.3 Å². The number of nitrogens with zero attached hydrogens (tertiary/aromatic N) is 2. The first-order valence-electron chi connectivity index (χ1n) is 9.30. The molecule has 2 rings (SSSR count). The monoisotopic (exact) mass is 496 g/mol. The van der Waals surface area contributed by atoms with Crippen molar-refractivity contribution in [2.45, 2.75) is 40.3 Å². The number of rotatable bonds is 8. The summed E-state index contributed by atoms with van der Waals surface area (Å²) in [6.45, 7) is 8.49. The van der Waals surface area contributed by atoms with Gasteiger partial charge in [0.05, 0.1) is 6.54 Å². The summed E-state index contributed by atoms with van der Waals surface area (Å²) in [6.07, 6.45) is 1.19. The minimum atomic E-state index is -2.84. The number of nitrogens with one attached hydrogen (secondary N) is 2. The van der Waals surface area contributed by atoms with Gasteiger partial charge in [-0.25, -0.2) is 4.99 Å². The largest absolute Gasteiger partial charge is 0.434 e. The molecule has 1 aromatic rings. The van der Waals surface area contributed by atoms with E-state index in [1.807, 2.05) is 19.9 Å². The predicted octanol–water partition coefficient (Wildman–Crippen LogP) is 3.61. The smallest absolute Gasteiger partial charge is 0.387 e. The van der Waals surface area contributed by atoms with Crippen molar-refractivity contribution in [2.24, 2.45) is 10.9 Å². The third-order valence-electron chi connectivity index (χ3n) is 4.56. The van der Waals surface area contributed by atoms with Crippen LogP contribution in [0, 0.1) is 12.8 Å². The van der Waals surface area contributed by atoms with Crippen LogP contribution in [-0.2, 0) is 6.54 Å². The maximum atomic E-state index is 12.6. The summed E-state index contributed by atoms with van der Waals surface area (Å²) in [7, 11) is 0. The van der Waals surface area contributed by atoms with Gasteiger partial charge in [0.2, 0.25) is 0 Å². The maximum Gasteiger partial charge on any atom is 0.387 e. The van der Waals surface area contributed by atoms with Gasteiger partial charge in [-0.2, -0.15) is 8.78 Å². The number of aryl methyl sites for hydroxylation is 1. The first kappa shape index (κ1) is 23.9. The molecule has 2 N–H and O–H groups in total. The first-order valence-corrected chi connectivity index (χ1v) is 9.30. The van der Waals surface area contributed by atoms with E-state index < -0.39 is 6.61 Å². The summed E-state index contributed by atoms with van der Waals surface area (Å²) < 4.78 is 29.8. The van der Waals surface area contributed by atoms with Crippen molar-refractivity contribution < 1.29 is 13.5 Å². The number of likely N-dealkylation sites (tertiary alicyclic amines) is 1. The average Bonchev–Trinajstić information content (AvgIpc) is 3.07. The molecule has 0 saturated carbocycles. The zero-order valence-electron chi connectivity index (χ0n) is 16.3. The van der Waals surface area contributed by atoms with Crippen molar-refractivity contribution >= 4 is 29.9 Å². The number of alkyl halides is 2. The van der Waals surface area contributed by atoms with Crippen molar-refractivity contribution in [2.75, 3.05) is 32.7 Å². The molecule has 0 aromatic heterocycles. The average molecular weight is 496 g/mol. The van der Waals surface area contributed by atoms with Crippen LogP contribution < -0.4 is 15.4 Å². The molecule has 1 atom stereocenters. The topological polar surface area (TPSA) is 48.9 Å². The van der Waals surface area contributed by atoms with Crippen LogP contribution in [-0.4, -0.2) is 50.2 Å². The molecule has 8 heteroatoms. The fourth-order valence-electron chi connectivity index (χ4n) is 3.16. The third kappa shape index (κ3) is 8.16. The number of hydrogen-bond acceptors (Lipinski definition) is 3. The molecule has 0 amide bonds. The first-order chi connectivity index (χ1) is 12.5. The van der Waals surface area contributed by atoms with E-state index in [9.17, 15) is 8.78 Å². The maximum absolute atomic E-state index is 12.6. The van der Waals surface area contributed by atoms with Gasteiger partial charge in [0, 0.05) is 25.2 Å². The van der Waals surface area contributed by atoms with Gasteiger partial charge in [0.1, 0.15) is 5.75 Å². The fraction of sp³-hybridized carbons (Fsp3) is 0.632. The number of ether oxygens (including phenoxy) is 1. The molecule has 0 spiro atoms. The van der Waals surface area contributed by atoms with Crippen LogP contribution in [0.5, 0.6) is 5.75 Å². The van der Waals surface area contributed by atoms with Crippen LogP contribution in [0.1, 0.15) is 31.4 Å². The lowest BCUT2D eigenvalue weighted by molar-refractivity contribution is -0.0504. The molecule has 154 valence electrons. The summed E-state index contributed by atoms with van der Waals surface area (Å²) in [5, 5.41) is 6.59. The molecule has 0 aliphatic carbocycles. The lowest BCUT2D eigenvalue weighted by Gasteiger charge is -2.16. The van der Waals surface area contributed by atoms with E-state index in [4.69, 9.17) is 0 Å². The number of benzene rings is 1. The normalized spacial score (nSPS) is 17.7. The molecular formula is C19H31F2IN4O. The molecule has 1 fully saturated rings. The summed E-state index contributed by atoms with van der Waals surface area (Å²) in [5.74, 6) is 1.49. The van der Waals surface area contributed by atoms with E-state index in [0.29, 0.717) is 17.4 Å². The van der Waals surface area contributed by atoms with Crippen LogP contribution in [0.25, 0.3) is 0 Å². The lowest BCUT2D eigenvalue weighted by Crippen LogP contribution is -2.40. The van der Waals surface area contributed by atoms with E-state index in [1.54, 1.807) is 12.1 Å². The van der Waals surface area contributed by atoms with Gasteiger partial charge < -0.3 is 20.3 Å². The van der Waals surface area contributed by atoms with E-state index in [2.05, 4.69) is 32.2 Å². The fourth-order valence-corrected chi connectivity index (χ4v) is 3.16. The highest BCUT2D eigenvalue weighted by atomic mass is 127. The summed E-state index contributed by atoms with van der Waals surface area (Å²) in [6, 6.07) is 5.17. The highest BCUT2D eigenvalue weighted by molar-refractivity contribution is 14.0. The molecule has 1 saturated heterocycles. The molecule has 0 radical (unpaired) electrons. The Balaban J connectivity index is 0.00000364. The second-order valence-electron chi connectivity index (χ2n) is 6.61. The lowest BCUT2D eigenvalue weighted by atomic mass is 10.1. The van der Waals surface area contributed by atoms with E-state index >= 15 is 0 Å². The second kappa shape index (κ2) is 12.3. The molecule has 27 heavy (non-hydrogen) atoms.